The number of morpholine rings is 1. The van der Waals surface area contributed by atoms with Gasteiger partial charge in [-0.1, -0.05) is 36.4 Å². The molecule has 182 valence electrons. The number of carbonyl (C=O) groups is 2. The molecule has 1 saturated heterocycles. The summed E-state index contributed by atoms with van der Waals surface area (Å²) in [6, 6.07) is 22.1. The molecule has 0 radical (unpaired) electrons. The van der Waals surface area contributed by atoms with E-state index in [0.717, 1.165) is 0 Å². The van der Waals surface area contributed by atoms with Gasteiger partial charge in [-0.2, -0.15) is 4.31 Å². The molecular formula is C25H26N4O5S. The van der Waals surface area contributed by atoms with E-state index in [1.165, 1.54) is 16.4 Å². The van der Waals surface area contributed by atoms with Gasteiger partial charge in [0.05, 0.1) is 30.2 Å². The van der Waals surface area contributed by atoms with Crippen LogP contribution < -0.4 is 16.0 Å². The van der Waals surface area contributed by atoms with Gasteiger partial charge in [-0.25, -0.2) is 8.42 Å². The van der Waals surface area contributed by atoms with Crippen LogP contribution in [0.1, 0.15) is 10.4 Å². The number of hydrogen-bond donors (Lipinski definition) is 3. The Hall–Kier alpha value is -3.73. The summed E-state index contributed by atoms with van der Waals surface area (Å²) in [7, 11) is -3.67. The highest BCUT2D eigenvalue weighted by molar-refractivity contribution is 7.89. The summed E-state index contributed by atoms with van der Waals surface area (Å²) < 4.78 is 32.4. The largest absolute Gasteiger partial charge is 0.379 e. The standard InChI is InChI=1S/C25H26N4O5S/c30-24(27-20-9-6-10-21(17-20)35(32,33)29-13-15-34-16-14-29)18-26-23-12-5-4-11-22(23)25(31)28-19-7-2-1-3-8-19/h1-12,17,26H,13-16,18H2,(H,27,30)(H,28,31). The second-order valence-electron chi connectivity index (χ2n) is 7.81. The molecule has 0 saturated carbocycles. The Morgan fingerprint density at radius 3 is 2.29 bits per heavy atom. The second-order valence-corrected chi connectivity index (χ2v) is 9.75. The zero-order valence-corrected chi connectivity index (χ0v) is 19.8. The van der Waals surface area contributed by atoms with Crippen molar-refractivity contribution >= 4 is 38.9 Å². The molecule has 0 bridgehead atoms. The van der Waals surface area contributed by atoms with E-state index in [1.54, 1.807) is 48.5 Å². The third-order valence-electron chi connectivity index (χ3n) is 5.37. The van der Waals surface area contributed by atoms with Crippen molar-refractivity contribution < 1.29 is 22.7 Å². The molecule has 0 aromatic heterocycles. The first-order valence-corrected chi connectivity index (χ1v) is 12.5. The molecule has 0 unspecified atom stereocenters. The van der Waals surface area contributed by atoms with Crippen LogP contribution in [0, 0.1) is 0 Å². The van der Waals surface area contributed by atoms with Crippen molar-refractivity contribution in [3.8, 4) is 0 Å². The Balaban J connectivity index is 1.39. The van der Waals surface area contributed by atoms with Crippen LogP contribution in [0.4, 0.5) is 17.1 Å². The fraction of sp³-hybridized carbons (Fsp3) is 0.200. The fourth-order valence-corrected chi connectivity index (χ4v) is 5.06. The van der Waals surface area contributed by atoms with Crippen molar-refractivity contribution in [2.24, 2.45) is 0 Å². The van der Waals surface area contributed by atoms with Gasteiger partial charge in [0, 0.05) is 30.2 Å². The molecule has 1 aliphatic heterocycles. The number of hydrogen-bond acceptors (Lipinski definition) is 6. The summed E-state index contributed by atoms with van der Waals surface area (Å²) in [5.41, 5.74) is 1.92. The lowest BCUT2D eigenvalue weighted by atomic mass is 10.1. The summed E-state index contributed by atoms with van der Waals surface area (Å²) >= 11 is 0. The lowest BCUT2D eigenvalue weighted by molar-refractivity contribution is -0.114. The van der Waals surface area contributed by atoms with Gasteiger partial charge in [-0.15, -0.1) is 0 Å². The molecule has 0 spiro atoms. The van der Waals surface area contributed by atoms with Crippen LogP contribution in [-0.4, -0.2) is 57.4 Å². The summed E-state index contributed by atoms with van der Waals surface area (Å²) in [4.78, 5) is 25.4. The normalized spacial score (nSPS) is 14.2. The first-order valence-electron chi connectivity index (χ1n) is 11.1. The average Bonchev–Trinajstić information content (AvgIpc) is 2.89. The van der Waals surface area contributed by atoms with Gasteiger partial charge < -0.3 is 20.7 Å². The van der Waals surface area contributed by atoms with Gasteiger partial charge in [0.2, 0.25) is 15.9 Å². The van der Waals surface area contributed by atoms with E-state index in [9.17, 15) is 18.0 Å². The molecule has 9 nitrogen and oxygen atoms in total. The molecule has 0 atom stereocenters. The maximum absolute atomic E-state index is 12.9. The molecule has 3 aromatic rings. The smallest absolute Gasteiger partial charge is 0.257 e. The van der Waals surface area contributed by atoms with Gasteiger partial charge >= 0.3 is 0 Å². The summed E-state index contributed by atoms with van der Waals surface area (Å²) in [6.45, 7) is 1.18. The number of rotatable bonds is 8. The number of nitrogens with one attached hydrogen (secondary N) is 3. The Morgan fingerprint density at radius 2 is 1.51 bits per heavy atom. The van der Waals surface area contributed by atoms with Gasteiger partial charge in [0.15, 0.2) is 0 Å². The number of carbonyl (C=O) groups excluding carboxylic acids is 2. The van der Waals surface area contributed by atoms with Crippen LogP contribution in [0.3, 0.4) is 0 Å². The van der Waals surface area contributed by atoms with Crippen molar-refractivity contribution in [3.05, 3.63) is 84.4 Å². The number of sulfonamides is 1. The van der Waals surface area contributed by atoms with E-state index in [2.05, 4.69) is 16.0 Å². The Bertz CT molecular complexity index is 1290. The van der Waals surface area contributed by atoms with Crippen LogP contribution in [0.15, 0.2) is 83.8 Å². The zero-order chi connectivity index (χ0) is 24.7. The molecule has 1 aliphatic rings. The lowest BCUT2D eigenvalue weighted by Gasteiger charge is -2.26. The van der Waals surface area contributed by atoms with E-state index < -0.39 is 10.0 Å². The van der Waals surface area contributed by atoms with Crippen molar-refractivity contribution in [1.29, 1.82) is 0 Å². The van der Waals surface area contributed by atoms with Crippen molar-refractivity contribution in [2.75, 3.05) is 48.8 Å². The molecule has 0 aliphatic carbocycles. The maximum atomic E-state index is 12.9. The molecule has 35 heavy (non-hydrogen) atoms. The van der Waals surface area contributed by atoms with Crippen LogP contribution in [0.25, 0.3) is 0 Å². The predicted octanol–water partition coefficient (Wildman–Crippen LogP) is 3.01. The highest BCUT2D eigenvalue weighted by Gasteiger charge is 2.26. The summed E-state index contributed by atoms with van der Waals surface area (Å²) in [5, 5.41) is 8.51. The first kappa shape index (κ1) is 24.4. The maximum Gasteiger partial charge on any atom is 0.257 e. The number of amides is 2. The fourth-order valence-electron chi connectivity index (χ4n) is 3.61. The number of nitrogens with zero attached hydrogens (tertiary/aromatic N) is 1. The summed E-state index contributed by atoms with van der Waals surface area (Å²) in [5.74, 6) is -0.690. The Morgan fingerprint density at radius 1 is 0.829 bits per heavy atom. The van der Waals surface area contributed by atoms with E-state index in [0.29, 0.717) is 48.9 Å². The SMILES string of the molecule is O=C(CNc1ccccc1C(=O)Nc1ccccc1)Nc1cccc(S(=O)(=O)N2CCOCC2)c1. The van der Waals surface area contributed by atoms with Crippen molar-refractivity contribution in [1.82, 2.24) is 4.31 Å². The topological polar surface area (TPSA) is 117 Å². The minimum absolute atomic E-state index is 0.105. The quantitative estimate of drug-likeness (QED) is 0.443. The van der Waals surface area contributed by atoms with Crippen LogP contribution in [0.2, 0.25) is 0 Å². The highest BCUT2D eigenvalue weighted by Crippen LogP contribution is 2.21. The lowest BCUT2D eigenvalue weighted by Crippen LogP contribution is -2.40. The summed E-state index contributed by atoms with van der Waals surface area (Å²) in [6.07, 6.45) is 0. The van der Waals surface area contributed by atoms with E-state index >= 15 is 0 Å². The van der Waals surface area contributed by atoms with Crippen LogP contribution in [0.5, 0.6) is 0 Å². The average molecular weight is 495 g/mol. The Kier molecular flexibility index (Phi) is 7.76. The minimum atomic E-state index is -3.67. The van der Waals surface area contributed by atoms with Crippen LogP contribution in [-0.2, 0) is 19.6 Å². The molecule has 3 aromatic carbocycles. The third kappa shape index (κ3) is 6.24. The van der Waals surface area contributed by atoms with E-state index in [-0.39, 0.29) is 23.3 Å². The Labute approximate surface area is 204 Å². The van der Waals surface area contributed by atoms with Gasteiger partial charge in [-0.3, -0.25) is 9.59 Å². The van der Waals surface area contributed by atoms with Gasteiger partial charge in [0.1, 0.15) is 0 Å². The zero-order valence-electron chi connectivity index (χ0n) is 18.9. The molecule has 1 fully saturated rings. The molecular weight excluding hydrogens is 468 g/mol. The number of ether oxygens (including phenoxy) is 1. The van der Waals surface area contributed by atoms with E-state index in [4.69, 9.17) is 4.74 Å². The molecule has 1 heterocycles. The molecule has 4 rings (SSSR count). The monoisotopic (exact) mass is 494 g/mol. The van der Waals surface area contributed by atoms with Crippen LogP contribution >= 0.6 is 0 Å². The minimum Gasteiger partial charge on any atom is -0.379 e. The molecule has 2 amide bonds. The first-order chi connectivity index (χ1) is 16.9. The van der Waals surface area contributed by atoms with Gasteiger partial charge in [0.25, 0.3) is 5.91 Å². The molecule has 3 N–H and O–H groups in total. The number of benzene rings is 3. The van der Waals surface area contributed by atoms with Crippen molar-refractivity contribution in [2.45, 2.75) is 4.90 Å². The second kappa shape index (κ2) is 11.1. The van der Waals surface area contributed by atoms with Crippen molar-refractivity contribution in [3.63, 3.8) is 0 Å². The highest BCUT2D eigenvalue weighted by atomic mass is 32.2. The van der Waals surface area contributed by atoms with E-state index in [1.807, 2.05) is 18.2 Å². The van der Waals surface area contributed by atoms with Gasteiger partial charge in [-0.05, 0) is 42.5 Å². The molecule has 10 heteroatoms. The predicted molar refractivity (Wildman–Crippen MR) is 134 cm³/mol. The third-order valence-corrected chi connectivity index (χ3v) is 7.26. The number of anilines is 3. The number of para-hydroxylation sites is 2.